The minimum atomic E-state index is -0.361. The second-order valence-corrected chi connectivity index (χ2v) is 3.86. The minimum absolute atomic E-state index is 0.250. The Hall–Kier alpha value is -0.120. The van der Waals surface area contributed by atoms with Crippen molar-refractivity contribution in [3.05, 3.63) is 0 Å². The maximum atomic E-state index is 5.59. The molecule has 3 nitrogen and oxygen atoms in total. The second-order valence-electron chi connectivity index (χ2n) is 3.86. The summed E-state index contributed by atoms with van der Waals surface area (Å²) in [7, 11) is 1.68. The van der Waals surface area contributed by atoms with Crippen LogP contribution in [0.1, 0.15) is 41.0 Å². The monoisotopic (exact) mass is 204 g/mol. The number of rotatable bonds is 2. The van der Waals surface area contributed by atoms with Crippen molar-refractivity contribution in [1.82, 2.24) is 0 Å². The Morgan fingerprint density at radius 1 is 1.21 bits per heavy atom. The topological polar surface area (TPSA) is 27.7 Å². The summed E-state index contributed by atoms with van der Waals surface area (Å²) in [5, 5.41) is 0. The Labute approximate surface area is 87.7 Å². The molecule has 14 heavy (non-hydrogen) atoms. The van der Waals surface area contributed by atoms with Gasteiger partial charge in [0.15, 0.2) is 5.79 Å². The Kier molecular flexibility index (Phi) is 6.33. The van der Waals surface area contributed by atoms with Crippen LogP contribution in [0.4, 0.5) is 0 Å². The molecule has 1 fully saturated rings. The fourth-order valence-electron chi connectivity index (χ4n) is 1.43. The molecule has 1 aliphatic heterocycles. The molecule has 0 bridgehead atoms. The van der Waals surface area contributed by atoms with Crippen molar-refractivity contribution in [1.29, 1.82) is 0 Å². The molecule has 1 rings (SSSR count). The fourth-order valence-corrected chi connectivity index (χ4v) is 1.43. The van der Waals surface area contributed by atoms with E-state index < -0.39 is 0 Å². The van der Waals surface area contributed by atoms with E-state index in [1.807, 2.05) is 20.8 Å². The Bertz CT molecular complexity index is 143. The van der Waals surface area contributed by atoms with Gasteiger partial charge in [0.1, 0.15) is 0 Å². The molecule has 1 aliphatic rings. The molecule has 0 aromatic heterocycles. The number of hydrogen-bond donors (Lipinski definition) is 0. The van der Waals surface area contributed by atoms with Crippen LogP contribution in [0.3, 0.4) is 0 Å². The van der Waals surface area contributed by atoms with E-state index in [-0.39, 0.29) is 18.0 Å². The Balaban J connectivity index is 0.000000364. The average Bonchev–Trinajstić information content (AvgIpc) is 2.39. The molecule has 0 aromatic carbocycles. The van der Waals surface area contributed by atoms with Crippen molar-refractivity contribution in [2.24, 2.45) is 0 Å². The van der Waals surface area contributed by atoms with Crippen molar-refractivity contribution in [2.75, 3.05) is 13.7 Å². The summed E-state index contributed by atoms with van der Waals surface area (Å²) in [6, 6.07) is 0. The normalized spacial score (nSPS) is 29.6. The number of hydrogen-bond acceptors (Lipinski definition) is 3. The molecule has 0 saturated carbocycles. The van der Waals surface area contributed by atoms with Gasteiger partial charge in [-0.15, -0.1) is 0 Å². The van der Waals surface area contributed by atoms with E-state index >= 15 is 0 Å². The third-order valence-corrected chi connectivity index (χ3v) is 2.12. The predicted octanol–water partition coefficient (Wildman–Crippen LogP) is 2.59. The summed E-state index contributed by atoms with van der Waals surface area (Å²) in [6.45, 7) is 10.9. The van der Waals surface area contributed by atoms with Crippen LogP contribution in [0.25, 0.3) is 0 Å². The maximum Gasteiger partial charge on any atom is 0.163 e. The fraction of sp³-hybridized carbons (Fsp3) is 1.00. The van der Waals surface area contributed by atoms with E-state index in [0.29, 0.717) is 0 Å². The summed E-state index contributed by atoms with van der Waals surface area (Å²) in [5.41, 5.74) is 0. The molecule has 86 valence electrons. The summed E-state index contributed by atoms with van der Waals surface area (Å²) >= 11 is 0. The summed E-state index contributed by atoms with van der Waals surface area (Å²) < 4.78 is 15.7. The van der Waals surface area contributed by atoms with E-state index in [9.17, 15) is 0 Å². The zero-order valence-electron chi connectivity index (χ0n) is 10.3. The van der Waals surface area contributed by atoms with Gasteiger partial charge in [0.2, 0.25) is 0 Å². The molecular weight excluding hydrogens is 180 g/mol. The van der Waals surface area contributed by atoms with Crippen molar-refractivity contribution in [3.8, 4) is 0 Å². The molecule has 0 aromatic rings. The molecule has 0 spiro atoms. The quantitative estimate of drug-likeness (QED) is 0.692. The second kappa shape index (κ2) is 6.38. The molecule has 0 amide bonds. The van der Waals surface area contributed by atoms with Crippen LogP contribution >= 0.6 is 0 Å². The SMILES string of the molecule is CCC1OC(C)(C)OC1C.CCOC. The van der Waals surface area contributed by atoms with E-state index in [4.69, 9.17) is 9.47 Å². The van der Waals surface area contributed by atoms with Gasteiger partial charge >= 0.3 is 0 Å². The standard InChI is InChI=1S/C8H16O2.C3H8O/c1-5-7-6(2)9-8(3,4)10-7;1-3-4-2/h6-7H,5H2,1-4H3;3H2,1-2H3. The smallest absolute Gasteiger partial charge is 0.163 e. The van der Waals surface area contributed by atoms with Crippen molar-refractivity contribution in [3.63, 3.8) is 0 Å². The Morgan fingerprint density at radius 3 is 1.86 bits per heavy atom. The van der Waals surface area contributed by atoms with Crippen molar-refractivity contribution in [2.45, 2.75) is 59.0 Å². The lowest BCUT2D eigenvalue weighted by Crippen LogP contribution is -2.21. The zero-order chi connectivity index (χ0) is 11.2. The lowest BCUT2D eigenvalue weighted by atomic mass is 10.2. The number of methoxy groups -OCH3 is 1. The van der Waals surface area contributed by atoms with Gasteiger partial charge in [0, 0.05) is 13.7 Å². The highest BCUT2D eigenvalue weighted by Crippen LogP contribution is 2.28. The highest BCUT2D eigenvalue weighted by atomic mass is 16.7. The van der Waals surface area contributed by atoms with Gasteiger partial charge in [-0.1, -0.05) is 6.92 Å². The first-order chi connectivity index (χ1) is 6.46. The minimum Gasteiger partial charge on any atom is -0.385 e. The first-order valence-electron chi connectivity index (χ1n) is 5.31. The maximum absolute atomic E-state index is 5.59. The molecule has 2 unspecified atom stereocenters. The Morgan fingerprint density at radius 2 is 1.71 bits per heavy atom. The van der Waals surface area contributed by atoms with Gasteiger partial charge in [-0.25, -0.2) is 0 Å². The molecule has 0 radical (unpaired) electrons. The number of ether oxygens (including phenoxy) is 3. The molecular formula is C11H24O3. The van der Waals surface area contributed by atoms with Crippen LogP contribution < -0.4 is 0 Å². The molecule has 1 heterocycles. The molecule has 0 N–H and O–H groups in total. The van der Waals surface area contributed by atoms with E-state index in [1.165, 1.54) is 0 Å². The molecule has 1 saturated heterocycles. The predicted molar refractivity (Wildman–Crippen MR) is 57.3 cm³/mol. The van der Waals surface area contributed by atoms with Gasteiger partial charge in [0.25, 0.3) is 0 Å². The van der Waals surface area contributed by atoms with Gasteiger partial charge in [-0.05, 0) is 34.1 Å². The van der Waals surface area contributed by atoms with Gasteiger partial charge in [-0.2, -0.15) is 0 Å². The van der Waals surface area contributed by atoms with E-state index in [1.54, 1.807) is 7.11 Å². The third-order valence-electron chi connectivity index (χ3n) is 2.12. The zero-order valence-corrected chi connectivity index (χ0v) is 10.3. The van der Waals surface area contributed by atoms with Gasteiger partial charge < -0.3 is 14.2 Å². The summed E-state index contributed by atoms with van der Waals surface area (Å²) in [6.07, 6.45) is 1.57. The summed E-state index contributed by atoms with van der Waals surface area (Å²) in [4.78, 5) is 0. The van der Waals surface area contributed by atoms with Crippen molar-refractivity contribution < 1.29 is 14.2 Å². The molecule has 2 atom stereocenters. The molecule has 0 aliphatic carbocycles. The van der Waals surface area contributed by atoms with Crippen LogP contribution in [0.15, 0.2) is 0 Å². The highest BCUT2D eigenvalue weighted by molar-refractivity contribution is 4.76. The van der Waals surface area contributed by atoms with Crippen LogP contribution in [0, 0.1) is 0 Å². The highest BCUT2D eigenvalue weighted by Gasteiger charge is 2.37. The van der Waals surface area contributed by atoms with Crippen LogP contribution in [0.2, 0.25) is 0 Å². The first-order valence-corrected chi connectivity index (χ1v) is 5.31. The largest absolute Gasteiger partial charge is 0.385 e. The average molecular weight is 204 g/mol. The van der Waals surface area contributed by atoms with Gasteiger partial charge in [0.05, 0.1) is 12.2 Å². The molecule has 3 heteroatoms. The lowest BCUT2D eigenvalue weighted by Gasteiger charge is -2.16. The van der Waals surface area contributed by atoms with E-state index in [2.05, 4.69) is 18.6 Å². The van der Waals surface area contributed by atoms with Crippen molar-refractivity contribution >= 4 is 0 Å². The van der Waals surface area contributed by atoms with Gasteiger partial charge in [-0.3, -0.25) is 0 Å². The van der Waals surface area contributed by atoms with Crippen LogP contribution in [0.5, 0.6) is 0 Å². The van der Waals surface area contributed by atoms with Crippen LogP contribution in [-0.2, 0) is 14.2 Å². The first kappa shape index (κ1) is 13.9. The van der Waals surface area contributed by atoms with Crippen LogP contribution in [-0.4, -0.2) is 31.7 Å². The third kappa shape index (κ3) is 4.94. The lowest BCUT2D eigenvalue weighted by molar-refractivity contribution is -0.145. The summed E-state index contributed by atoms with van der Waals surface area (Å²) in [5.74, 6) is -0.361. The van der Waals surface area contributed by atoms with E-state index in [0.717, 1.165) is 13.0 Å².